The van der Waals surface area contributed by atoms with E-state index in [1.54, 1.807) is 12.1 Å². The molecule has 0 radical (unpaired) electrons. The molecule has 0 spiro atoms. The summed E-state index contributed by atoms with van der Waals surface area (Å²) in [5, 5.41) is 11.7. The van der Waals surface area contributed by atoms with Crippen LogP contribution in [0.3, 0.4) is 0 Å². The molecule has 20 heavy (non-hydrogen) atoms. The maximum Gasteiger partial charge on any atom is 0.387 e. The van der Waals surface area contributed by atoms with Crippen LogP contribution in [0.1, 0.15) is 5.56 Å². The molecule has 1 N–H and O–H groups in total. The SMILES string of the molecule is N#Cc1cc(F)ccc1Nc1ccccc1OC(F)F. The van der Waals surface area contributed by atoms with Gasteiger partial charge in [-0.3, -0.25) is 0 Å². The van der Waals surface area contributed by atoms with E-state index in [0.717, 1.165) is 6.07 Å². The normalized spacial score (nSPS) is 10.2. The van der Waals surface area contributed by atoms with Crippen molar-refractivity contribution in [1.29, 1.82) is 5.26 Å². The van der Waals surface area contributed by atoms with E-state index in [-0.39, 0.29) is 17.0 Å². The maximum atomic E-state index is 13.0. The number of nitrogens with one attached hydrogen (secondary N) is 1. The van der Waals surface area contributed by atoms with Gasteiger partial charge in [-0.1, -0.05) is 12.1 Å². The molecule has 0 heterocycles. The minimum absolute atomic E-state index is 0.0595. The summed E-state index contributed by atoms with van der Waals surface area (Å²) in [4.78, 5) is 0. The summed E-state index contributed by atoms with van der Waals surface area (Å²) in [5.41, 5.74) is 0.631. The van der Waals surface area contributed by atoms with Gasteiger partial charge in [0.15, 0.2) is 0 Å². The molecule has 0 saturated heterocycles. The number of nitriles is 1. The average molecular weight is 278 g/mol. The number of benzene rings is 2. The first kappa shape index (κ1) is 13.7. The lowest BCUT2D eigenvalue weighted by Crippen LogP contribution is -2.04. The predicted molar refractivity (Wildman–Crippen MR) is 67.5 cm³/mol. The molecule has 0 atom stereocenters. The molecular weight excluding hydrogens is 269 g/mol. The molecule has 0 amide bonds. The first-order chi connectivity index (χ1) is 9.60. The van der Waals surface area contributed by atoms with Gasteiger partial charge in [0.25, 0.3) is 0 Å². The lowest BCUT2D eigenvalue weighted by atomic mass is 10.1. The van der Waals surface area contributed by atoms with Gasteiger partial charge >= 0.3 is 6.61 Å². The van der Waals surface area contributed by atoms with Crippen molar-refractivity contribution in [3.8, 4) is 11.8 Å². The summed E-state index contributed by atoms with van der Waals surface area (Å²) in [6.45, 7) is -2.96. The topological polar surface area (TPSA) is 45.0 Å². The van der Waals surface area contributed by atoms with Gasteiger partial charge in [0.1, 0.15) is 17.6 Å². The quantitative estimate of drug-likeness (QED) is 0.917. The van der Waals surface area contributed by atoms with Crippen LogP contribution in [0.15, 0.2) is 42.5 Å². The van der Waals surface area contributed by atoms with Crippen LogP contribution in [0, 0.1) is 17.1 Å². The Labute approximate surface area is 113 Å². The minimum Gasteiger partial charge on any atom is -0.433 e. The first-order valence-corrected chi connectivity index (χ1v) is 5.60. The number of rotatable bonds is 4. The number of para-hydroxylation sites is 2. The zero-order chi connectivity index (χ0) is 14.5. The van der Waals surface area contributed by atoms with E-state index >= 15 is 0 Å². The minimum atomic E-state index is -2.96. The zero-order valence-corrected chi connectivity index (χ0v) is 10.1. The number of alkyl halides is 2. The Morgan fingerprint density at radius 2 is 1.85 bits per heavy atom. The Morgan fingerprint density at radius 1 is 1.10 bits per heavy atom. The van der Waals surface area contributed by atoms with Gasteiger partial charge in [-0.05, 0) is 30.3 Å². The van der Waals surface area contributed by atoms with Gasteiger partial charge in [0.2, 0.25) is 0 Å². The number of hydrogen-bond donors (Lipinski definition) is 1. The molecule has 2 aromatic carbocycles. The van der Waals surface area contributed by atoms with E-state index in [9.17, 15) is 13.2 Å². The van der Waals surface area contributed by atoms with Gasteiger partial charge in [0, 0.05) is 0 Å². The van der Waals surface area contributed by atoms with Gasteiger partial charge in [-0.25, -0.2) is 4.39 Å². The summed E-state index contributed by atoms with van der Waals surface area (Å²) in [6.07, 6.45) is 0. The Hall–Kier alpha value is -2.68. The van der Waals surface area contributed by atoms with Crippen molar-refractivity contribution in [2.45, 2.75) is 6.61 Å². The van der Waals surface area contributed by atoms with E-state index in [4.69, 9.17) is 5.26 Å². The molecule has 0 fully saturated rings. The third-order valence-corrected chi connectivity index (χ3v) is 2.47. The molecule has 0 saturated carbocycles. The largest absolute Gasteiger partial charge is 0.433 e. The third kappa shape index (κ3) is 3.20. The van der Waals surface area contributed by atoms with Crippen LogP contribution in [0.25, 0.3) is 0 Å². The van der Waals surface area contributed by atoms with E-state index in [1.165, 1.54) is 24.3 Å². The highest BCUT2D eigenvalue weighted by atomic mass is 19.3. The van der Waals surface area contributed by atoms with Crippen molar-refractivity contribution in [1.82, 2.24) is 0 Å². The number of ether oxygens (including phenoxy) is 1. The number of halogens is 3. The molecule has 2 aromatic rings. The molecule has 2 rings (SSSR count). The molecule has 0 bridgehead atoms. The molecule has 0 aliphatic rings. The Morgan fingerprint density at radius 3 is 2.55 bits per heavy atom. The Kier molecular flexibility index (Phi) is 4.11. The van der Waals surface area contributed by atoms with Gasteiger partial charge in [0.05, 0.1) is 16.9 Å². The molecule has 0 aliphatic carbocycles. The second-order valence-corrected chi connectivity index (χ2v) is 3.80. The molecule has 6 heteroatoms. The first-order valence-electron chi connectivity index (χ1n) is 5.60. The van der Waals surface area contributed by atoms with Crippen LogP contribution >= 0.6 is 0 Å². The number of hydrogen-bond acceptors (Lipinski definition) is 3. The van der Waals surface area contributed by atoms with E-state index < -0.39 is 12.4 Å². The molecule has 0 aliphatic heterocycles. The van der Waals surface area contributed by atoms with Crippen LogP contribution in [-0.4, -0.2) is 6.61 Å². The van der Waals surface area contributed by atoms with Crippen LogP contribution in [0.4, 0.5) is 24.5 Å². The molecule has 0 unspecified atom stereocenters. The lowest BCUT2D eigenvalue weighted by Gasteiger charge is -2.13. The summed E-state index contributed by atoms with van der Waals surface area (Å²) < 4.78 is 42.0. The smallest absolute Gasteiger partial charge is 0.387 e. The predicted octanol–water partition coefficient (Wildman–Crippen LogP) is 4.04. The molecule has 3 nitrogen and oxygen atoms in total. The van der Waals surface area contributed by atoms with Gasteiger partial charge in [-0.15, -0.1) is 0 Å². The fourth-order valence-corrected chi connectivity index (χ4v) is 1.63. The second kappa shape index (κ2) is 5.97. The van der Waals surface area contributed by atoms with Crippen LogP contribution in [0.2, 0.25) is 0 Å². The summed E-state index contributed by atoms with van der Waals surface area (Å²) in [6, 6.07) is 11.4. The van der Waals surface area contributed by atoms with Crippen molar-refractivity contribution >= 4 is 11.4 Å². The molecular formula is C14H9F3N2O. The van der Waals surface area contributed by atoms with Crippen molar-refractivity contribution in [3.05, 3.63) is 53.8 Å². The average Bonchev–Trinajstić information content (AvgIpc) is 2.42. The van der Waals surface area contributed by atoms with Crippen LogP contribution < -0.4 is 10.1 Å². The van der Waals surface area contributed by atoms with Crippen molar-refractivity contribution < 1.29 is 17.9 Å². The van der Waals surface area contributed by atoms with E-state index in [0.29, 0.717) is 5.69 Å². The standard InChI is InChI=1S/C14H9F3N2O/c15-10-5-6-11(9(7-10)8-18)19-12-3-1-2-4-13(12)20-14(16)17/h1-7,14,19H. The third-order valence-electron chi connectivity index (χ3n) is 2.47. The summed E-state index contributed by atoms with van der Waals surface area (Å²) in [5.74, 6) is -0.611. The fraction of sp³-hybridized carbons (Fsp3) is 0.0714. The van der Waals surface area contributed by atoms with E-state index in [2.05, 4.69) is 10.1 Å². The Balaban J connectivity index is 2.33. The second-order valence-electron chi connectivity index (χ2n) is 3.80. The zero-order valence-electron chi connectivity index (χ0n) is 10.1. The maximum absolute atomic E-state index is 13.0. The van der Waals surface area contributed by atoms with Gasteiger partial charge in [-0.2, -0.15) is 14.0 Å². The molecule has 0 aromatic heterocycles. The van der Waals surface area contributed by atoms with Gasteiger partial charge < -0.3 is 10.1 Å². The highest BCUT2D eigenvalue weighted by molar-refractivity contribution is 5.70. The van der Waals surface area contributed by atoms with Crippen molar-refractivity contribution in [2.75, 3.05) is 5.32 Å². The highest BCUT2D eigenvalue weighted by Gasteiger charge is 2.11. The Bertz CT molecular complexity index is 653. The highest BCUT2D eigenvalue weighted by Crippen LogP contribution is 2.30. The number of anilines is 2. The molecule has 102 valence electrons. The van der Waals surface area contributed by atoms with Crippen LogP contribution in [0.5, 0.6) is 5.75 Å². The van der Waals surface area contributed by atoms with Crippen molar-refractivity contribution in [3.63, 3.8) is 0 Å². The van der Waals surface area contributed by atoms with Crippen molar-refractivity contribution in [2.24, 2.45) is 0 Å². The number of nitrogens with zero attached hydrogens (tertiary/aromatic N) is 1. The lowest BCUT2D eigenvalue weighted by molar-refractivity contribution is -0.0493. The van der Waals surface area contributed by atoms with Crippen LogP contribution in [-0.2, 0) is 0 Å². The van der Waals surface area contributed by atoms with E-state index in [1.807, 2.05) is 6.07 Å². The fourth-order valence-electron chi connectivity index (χ4n) is 1.63. The monoisotopic (exact) mass is 278 g/mol. The summed E-state index contributed by atoms with van der Waals surface area (Å²) >= 11 is 0. The summed E-state index contributed by atoms with van der Waals surface area (Å²) in [7, 11) is 0.